The van der Waals surface area contributed by atoms with Crippen molar-refractivity contribution < 1.29 is 9.59 Å². The van der Waals surface area contributed by atoms with E-state index in [9.17, 15) is 9.59 Å². The normalized spacial score (nSPS) is 13.7. The maximum absolute atomic E-state index is 12.6. The minimum absolute atomic E-state index is 0.000307. The number of hydrogen-bond donors (Lipinski definition) is 0. The Morgan fingerprint density at radius 3 is 2.69 bits per heavy atom. The summed E-state index contributed by atoms with van der Waals surface area (Å²) in [6.07, 6.45) is 5.57. The molecule has 0 bridgehead atoms. The highest BCUT2D eigenvalue weighted by Crippen LogP contribution is 2.33. The van der Waals surface area contributed by atoms with Crippen LogP contribution in [0.4, 0.5) is 5.69 Å². The molecule has 0 unspecified atom stereocenters. The molecule has 0 radical (unpaired) electrons. The van der Waals surface area contributed by atoms with Gasteiger partial charge in [0.1, 0.15) is 11.6 Å². The Hall–Kier alpha value is -3.06. The van der Waals surface area contributed by atoms with Crippen LogP contribution in [-0.4, -0.2) is 47.3 Å². The van der Waals surface area contributed by atoms with Crippen LogP contribution in [0.3, 0.4) is 0 Å². The number of carbonyl (C=O) groups excluding carboxylic acids is 2. The average Bonchev–Trinajstić information content (AvgIpc) is 3.17. The van der Waals surface area contributed by atoms with E-state index in [2.05, 4.69) is 11.1 Å². The van der Waals surface area contributed by atoms with Gasteiger partial charge in [-0.1, -0.05) is 6.07 Å². The van der Waals surface area contributed by atoms with Crippen molar-refractivity contribution in [1.82, 2.24) is 14.9 Å². The fraction of sp³-hybridized carbons (Fsp3) is 0.273. The van der Waals surface area contributed by atoms with Gasteiger partial charge in [0.15, 0.2) is 0 Å². The van der Waals surface area contributed by atoms with E-state index in [1.54, 1.807) is 42.7 Å². The summed E-state index contributed by atoms with van der Waals surface area (Å²) in [6.45, 7) is 0.0705. The topological polar surface area (TPSA) is 66.4 Å². The van der Waals surface area contributed by atoms with Crippen molar-refractivity contribution in [2.24, 2.45) is 0 Å². The van der Waals surface area contributed by atoms with Crippen LogP contribution in [0.1, 0.15) is 18.4 Å². The second kappa shape index (κ2) is 8.13. The summed E-state index contributed by atoms with van der Waals surface area (Å²) < 4.78 is 0. The molecule has 0 atom stereocenters. The first kappa shape index (κ1) is 19.3. The van der Waals surface area contributed by atoms with E-state index in [1.807, 2.05) is 29.6 Å². The molecule has 0 saturated carbocycles. The van der Waals surface area contributed by atoms with Gasteiger partial charge in [-0.05, 0) is 42.7 Å². The number of likely N-dealkylation sites (N-methyl/N-ethyl adjacent to an activating group) is 1. The van der Waals surface area contributed by atoms with Gasteiger partial charge < -0.3 is 9.80 Å². The highest BCUT2D eigenvalue weighted by molar-refractivity contribution is 7.13. The molecule has 148 valence electrons. The summed E-state index contributed by atoms with van der Waals surface area (Å²) >= 11 is 1.60. The summed E-state index contributed by atoms with van der Waals surface area (Å²) in [5.41, 5.74) is 4.89. The molecule has 1 aliphatic rings. The van der Waals surface area contributed by atoms with Crippen molar-refractivity contribution in [3.05, 3.63) is 53.7 Å². The van der Waals surface area contributed by atoms with E-state index in [1.165, 1.54) is 4.90 Å². The van der Waals surface area contributed by atoms with Crippen molar-refractivity contribution in [2.75, 3.05) is 25.5 Å². The Morgan fingerprint density at radius 1 is 1.14 bits per heavy atom. The minimum atomic E-state index is -0.0863. The number of thiazole rings is 1. The molecule has 0 saturated heterocycles. The molecule has 6 nitrogen and oxygen atoms in total. The summed E-state index contributed by atoms with van der Waals surface area (Å²) in [7, 11) is 3.41. The van der Waals surface area contributed by atoms with E-state index in [4.69, 9.17) is 4.98 Å². The van der Waals surface area contributed by atoms with Crippen LogP contribution in [0.15, 0.2) is 48.1 Å². The van der Waals surface area contributed by atoms with Crippen molar-refractivity contribution in [1.29, 1.82) is 0 Å². The quantitative estimate of drug-likeness (QED) is 0.664. The van der Waals surface area contributed by atoms with Gasteiger partial charge in [0.25, 0.3) is 0 Å². The second-order valence-electron chi connectivity index (χ2n) is 7.24. The number of aryl methyl sites for hydroxylation is 1. The standard InChI is InChI=1S/C22H22N4O2S/c1-25(2)21(28)13-26-19-7-6-16(12-17(19)4-3-5-20(26)27)18-14-29-22(24-18)15-8-10-23-11-9-15/h6-12,14H,3-5,13H2,1-2H3. The van der Waals surface area contributed by atoms with E-state index in [-0.39, 0.29) is 18.4 Å². The van der Waals surface area contributed by atoms with E-state index in [0.717, 1.165) is 45.9 Å². The van der Waals surface area contributed by atoms with Crippen LogP contribution in [-0.2, 0) is 16.0 Å². The molecule has 3 aromatic rings. The van der Waals surface area contributed by atoms with Crippen LogP contribution in [0.5, 0.6) is 0 Å². The number of amides is 2. The van der Waals surface area contributed by atoms with Crippen LogP contribution < -0.4 is 4.90 Å². The van der Waals surface area contributed by atoms with Gasteiger partial charge in [0.05, 0.1) is 5.69 Å². The summed E-state index contributed by atoms with van der Waals surface area (Å²) in [6, 6.07) is 9.93. The Balaban J connectivity index is 1.66. The lowest BCUT2D eigenvalue weighted by molar-refractivity contribution is -0.129. The number of pyridine rings is 1. The monoisotopic (exact) mass is 406 g/mol. The van der Waals surface area contributed by atoms with Gasteiger partial charge in [-0.25, -0.2) is 4.98 Å². The van der Waals surface area contributed by atoms with Gasteiger partial charge in [0.2, 0.25) is 11.8 Å². The molecule has 29 heavy (non-hydrogen) atoms. The molecule has 0 fully saturated rings. The van der Waals surface area contributed by atoms with Crippen LogP contribution in [0.25, 0.3) is 21.8 Å². The first-order valence-electron chi connectivity index (χ1n) is 9.52. The number of rotatable bonds is 4. The lowest BCUT2D eigenvalue weighted by Gasteiger charge is -2.24. The van der Waals surface area contributed by atoms with Crippen LogP contribution in [0.2, 0.25) is 0 Å². The molecule has 1 aromatic carbocycles. The average molecular weight is 407 g/mol. The molecule has 4 rings (SSSR count). The highest BCUT2D eigenvalue weighted by Gasteiger charge is 2.25. The third-order valence-corrected chi connectivity index (χ3v) is 5.92. The first-order valence-corrected chi connectivity index (χ1v) is 10.4. The van der Waals surface area contributed by atoms with E-state index in [0.29, 0.717) is 6.42 Å². The third kappa shape index (κ3) is 4.05. The van der Waals surface area contributed by atoms with Crippen LogP contribution in [0, 0.1) is 0 Å². The number of benzene rings is 1. The maximum atomic E-state index is 12.6. The van der Waals surface area contributed by atoms with Gasteiger partial charge >= 0.3 is 0 Å². The Labute approximate surface area is 173 Å². The SMILES string of the molecule is CN(C)C(=O)CN1C(=O)CCCc2cc(-c3csc(-c4ccncc4)n3)ccc21. The molecule has 2 aromatic heterocycles. The van der Waals surface area contributed by atoms with Crippen molar-refractivity contribution in [2.45, 2.75) is 19.3 Å². The molecular weight excluding hydrogens is 384 g/mol. The number of fused-ring (bicyclic) bond motifs is 1. The molecule has 0 N–H and O–H groups in total. The summed E-state index contributed by atoms with van der Waals surface area (Å²) in [5, 5.41) is 3.00. The number of carbonyl (C=O) groups is 2. The van der Waals surface area contributed by atoms with Crippen molar-refractivity contribution in [3.8, 4) is 21.8 Å². The number of hydrogen-bond acceptors (Lipinski definition) is 5. The molecule has 0 spiro atoms. The van der Waals surface area contributed by atoms with E-state index < -0.39 is 0 Å². The Kier molecular flexibility index (Phi) is 5.40. The zero-order valence-corrected chi connectivity index (χ0v) is 17.3. The Morgan fingerprint density at radius 2 is 1.93 bits per heavy atom. The third-order valence-electron chi connectivity index (χ3n) is 5.03. The number of nitrogens with zero attached hydrogens (tertiary/aromatic N) is 4. The highest BCUT2D eigenvalue weighted by atomic mass is 32.1. The van der Waals surface area contributed by atoms with Gasteiger partial charge in [-0.3, -0.25) is 14.6 Å². The smallest absolute Gasteiger partial charge is 0.242 e. The summed E-state index contributed by atoms with van der Waals surface area (Å²) in [4.78, 5) is 36.8. The lowest BCUT2D eigenvalue weighted by atomic mass is 10.0. The predicted molar refractivity (Wildman–Crippen MR) is 115 cm³/mol. The van der Waals surface area contributed by atoms with E-state index >= 15 is 0 Å². The molecular formula is C22H22N4O2S. The number of aromatic nitrogens is 2. The largest absolute Gasteiger partial charge is 0.347 e. The fourth-order valence-corrected chi connectivity index (χ4v) is 4.23. The summed E-state index contributed by atoms with van der Waals surface area (Å²) in [5.74, 6) is -0.0860. The predicted octanol–water partition coefficient (Wildman–Crippen LogP) is 3.63. The van der Waals surface area contributed by atoms with Crippen molar-refractivity contribution >= 4 is 28.8 Å². The molecule has 1 aliphatic heterocycles. The maximum Gasteiger partial charge on any atom is 0.242 e. The van der Waals surface area contributed by atoms with Crippen molar-refractivity contribution in [3.63, 3.8) is 0 Å². The molecule has 7 heteroatoms. The first-order chi connectivity index (χ1) is 14.0. The molecule has 2 amide bonds. The zero-order valence-electron chi connectivity index (χ0n) is 16.5. The zero-order chi connectivity index (χ0) is 20.4. The Bertz CT molecular complexity index is 1050. The molecule has 0 aliphatic carbocycles. The van der Waals surface area contributed by atoms with Crippen LogP contribution >= 0.6 is 11.3 Å². The molecule has 3 heterocycles. The van der Waals surface area contributed by atoms with Gasteiger partial charge in [0, 0.05) is 55.1 Å². The lowest BCUT2D eigenvalue weighted by Crippen LogP contribution is -2.40. The number of anilines is 1. The minimum Gasteiger partial charge on any atom is -0.347 e. The van der Waals surface area contributed by atoms with Gasteiger partial charge in [-0.15, -0.1) is 11.3 Å². The second-order valence-corrected chi connectivity index (χ2v) is 8.10. The fourth-order valence-electron chi connectivity index (χ4n) is 3.39. The van der Waals surface area contributed by atoms with Gasteiger partial charge in [-0.2, -0.15) is 0 Å².